The number of piperazine rings is 1. The number of nitrogens with zero attached hydrogens (tertiary/aromatic N) is 2. The van der Waals surface area contributed by atoms with E-state index in [4.69, 9.17) is 5.84 Å². The fourth-order valence-electron chi connectivity index (χ4n) is 2.36. The van der Waals surface area contributed by atoms with Crippen molar-refractivity contribution in [3.05, 3.63) is 35.9 Å². The highest BCUT2D eigenvalue weighted by atomic mass is 16.2. The first-order valence-corrected chi connectivity index (χ1v) is 7.07. The fraction of sp³-hybridized carbons (Fsp3) is 0.333. The maximum Gasteiger partial charge on any atom is 0.266 e. The highest BCUT2D eigenvalue weighted by Crippen LogP contribution is 2.21. The SMILES string of the molecule is CC(=O)N(N)C(=O)C(C)N1CC(=O)NC(c2ccccc2)C1=O. The molecule has 3 N–H and O–H groups in total. The monoisotopic (exact) mass is 318 g/mol. The molecule has 1 heterocycles. The van der Waals surface area contributed by atoms with Crippen LogP contribution >= 0.6 is 0 Å². The molecule has 1 aromatic rings. The molecule has 2 rings (SSSR count). The first-order chi connectivity index (χ1) is 10.8. The van der Waals surface area contributed by atoms with E-state index in [1.54, 1.807) is 30.3 Å². The number of rotatable bonds is 3. The van der Waals surface area contributed by atoms with Crippen LogP contribution in [0.15, 0.2) is 30.3 Å². The lowest BCUT2D eigenvalue weighted by Gasteiger charge is -2.36. The molecule has 0 saturated carbocycles. The number of hydrogen-bond donors (Lipinski definition) is 2. The highest BCUT2D eigenvalue weighted by molar-refractivity contribution is 6.01. The first kappa shape index (κ1) is 16.6. The predicted molar refractivity (Wildman–Crippen MR) is 80.2 cm³/mol. The van der Waals surface area contributed by atoms with Crippen LogP contribution in [0.25, 0.3) is 0 Å². The molecule has 0 aromatic heterocycles. The van der Waals surface area contributed by atoms with Crippen LogP contribution in [0.3, 0.4) is 0 Å². The topological polar surface area (TPSA) is 113 Å². The summed E-state index contributed by atoms with van der Waals surface area (Å²) in [5.41, 5.74) is 0.617. The lowest BCUT2D eigenvalue weighted by Crippen LogP contribution is -2.60. The molecule has 0 radical (unpaired) electrons. The van der Waals surface area contributed by atoms with Crippen LogP contribution in [0.4, 0.5) is 0 Å². The Hall–Kier alpha value is -2.74. The number of nitrogens with two attached hydrogens (primary N) is 1. The van der Waals surface area contributed by atoms with Crippen LogP contribution in [-0.4, -0.2) is 46.1 Å². The van der Waals surface area contributed by atoms with Gasteiger partial charge in [0.2, 0.25) is 11.8 Å². The molecule has 8 heteroatoms. The molecule has 23 heavy (non-hydrogen) atoms. The standard InChI is InChI=1S/C15H18N4O4/c1-9(14(22)19(16)10(2)20)18-8-12(21)17-13(15(18)23)11-6-4-3-5-7-11/h3-7,9,13H,8,16H2,1-2H3,(H,17,21). The minimum absolute atomic E-state index is 0.263. The zero-order chi connectivity index (χ0) is 17.1. The summed E-state index contributed by atoms with van der Waals surface area (Å²) in [6.07, 6.45) is 0. The van der Waals surface area contributed by atoms with Crippen molar-refractivity contribution in [2.45, 2.75) is 25.9 Å². The van der Waals surface area contributed by atoms with Crippen molar-refractivity contribution in [1.29, 1.82) is 0 Å². The van der Waals surface area contributed by atoms with Crippen molar-refractivity contribution in [1.82, 2.24) is 15.2 Å². The Bertz CT molecular complexity index is 646. The summed E-state index contributed by atoms with van der Waals surface area (Å²) in [5.74, 6) is 3.20. The van der Waals surface area contributed by atoms with E-state index in [0.29, 0.717) is 10.6 Å². The molecule has 1 saturated heterocycles. The van der Waals surface area contributed by atoms with E-state index in [0.717, 1.165) is 11.8 Å². The van der Waals surface area contributed by atoms with Gasteiger partial charge in [-0.05, 0) is 12.5 Å². The zero-order valence-electron chi connectivity index (χ0n) is 12.9. The summed E-state index contributed by atoms with van der Waals surface area (Å²) in [7, 11) is 0. The third-order valence-electron chi connectivity index (χ3n) is 3.68. The van der Waals surface area contributed by atoms with E-state index in [1.165, 1.54) is 6.92 Å². The molecule has 0 aliphatic carbocycles. The number of hydrogen-bond acceptors (Lipinski definition) is 5. The van der Waals surface area contributed by atoms with Crippen molar-refractivity contribution in [2.75, 3.05) is 6.54 Å². The molecule has 1 aliphatic heterocycles. The average molecular weight is 318 g/mol. The van der Waals surface area contributed by atoms with Crippen LogP contribution in [0.5, 0.6) is 0 Å². The second-order valence-corrected chi connectivity index (χ2v) is 5.28. The second-order valence-electron chi connectivity index (χ2n) is 5.28. The van der Waals surface area contributed by atoms with Gasteiger partial charge in [-0.2, -0.15) is 0 Å². The van der Waals surface area contributed by atoms with Crippen LogP contribution in [0.2, 0.25) is 0 Å². The second kappa shape index (κ2) is 6.57. The average Bonchev–Trinajstić information content (AvgIpc) is 2.55. The maximum atomic E-state index is 12.6. The largest absolute Gasteiger partial charge is 0.339 e. The van der Waals surface area contributed by atoms with E-state index >= 15 is 0 Å². The van der Waals surface area contributed by atoms with E-state index in [-0.39, 0.29) is 12.5 Å². The molecule has 8 nitrogen and oxygen atoms in total. The third kappa shape index (κ3) is 3.37. The summed E-state index contributed by atoms with van der Waals surface area (Å²) in [4.78, 5) is 49.0. The fourth-order valence-corrected chi connectivity index (χ4v) is 2.36. The molecule has 122 valence electrons. The number of carbonyl (C=O) groups is 4. The Morgan fingerprint density at radius 2 is 1.91 bits per heavy atom. The van der Waals surface area contributed by atoms with Crippen molar-refractivity contribution in [3.63, 3.8) is 0 Å². The van der Waals surface area contributed by atoms with Crippen LogP contribution in [-0.2, 0) is 19.2 Å². The third-order valence-corrected chi connectivity index (χ3v) is 3.68. The zero-order valence-corrected chi connectivity index (χ0v) is 12.9. The Morgan fingerprint density at radius 1 is 1.30 bits per heavy atom. The van der Waals surface area contributed by atoms with E-state index < -0.39 is 29.8 Å². The van der Waals surface area contributed by atoms with Crippen molar-refractivity contribution in [3.8, 4) is 0 Å². The first-order valence-electron chi connectivity index (χ1n) is 7.07. The summed E-state index contributed by atoms with van der Waals surface area (Å²) in [5, 5.41) is 3.05. The summed E-state index contributed by atoms with van der Waals surface area (Å²) in [6.45, 7) is 2.31. The van der Waals surface area contributed by atoms with Crippen molar-refractivity contribution >= 4 is 23.6 Å². The summed E-state index contributed by atoms with van der Waals surface area (Å²) < 4.78 is 0. The minimum Gasteiger partial charge on any atom is -0.339 e. The van der Waals surface area contributed by atoms with E-state index in [2.05, 4.69) is 5.32 Å². The van der Waals surface area contributed by atoms with Gasteiger partial charge in [-0.3, -0.25) is 19.2 Å². The molecule has 1 aromatic carbocycles. The summed E-state index contributed by atoms with van der Waals surface area (Å²) >= 11 is 0. The number of amides is 4. The van der Waals surface area contributed by atoms with Crippen molar-refractivity contribution < 1.29 is 19.2 Å². The van der Waals surface area contributed by atoms with Gasteiger partial charge in [0.25, 0.3) is 11.8 Å². The van der Waals surface area contributed by atoms with E-state index in [9.17, 15) is 19.2 Å². The molecule has 0 spiro atoms. The van der Waals surface area contributed by atoms with Gasteiger partial charge in [0.1, 0.15) is 18.6 Å². The van der Waals surface area contributed by atoms with Gasteiger partial charge >= 0.3 is 0 Å². The highest BCUT2D eigenvalue weighted by Gasteiger charge is 2.39. The molecular formula is C15H18N4O4. The molecule has 4 amide bonds. The maximum absolute atomic E-state index is 12.6. The van der Waals surface area contributed by atoms with Gasteiger partial charge in [-0.15, -0.1) is 0 Å². The molecule has 1 aliphatic rings. The van der Waals surface area contributed by atoms with Gasteiger partial charge in [0.15, 0.2) is 0 Å². The molecule has 2 unspecified atom stereocenters. The molecule has 2 atom stereocenters. The van der Waals surface area contributed by atoms with Gasteiger partial charge in [-0.1, -0.05) is 30.3 Å². The molecule has 1 fully saturated rings. The smallest absolute Gasteiger partial charge is 0.266 e. The Labute approximate surface area is 133 Å². The lowest BCUT2D eigenvalue weighted by atomic mass is 10.0. The molecule has 0 bridgehead atoms. The molecular weight excluding hydrogens is 300 g/mol. The lowest BCUT2D eigenvalue weighted by molar-refractivity contribution is -0.155. The predicted octanol–water partition coefficient (Wildman–Crippen LogP) is -0.677. The van der Waals surface area contributed by atoms with Gasteiger partial charge in [0, 0.05) is 6.92 Å². The van der Waals surface area contributed by atoms with Crippen LogP contribution in [0, 0.1) is 0 Å². The number of carbonyl (C=O) groups excluding carboxylic acids is 4. The van der Waals surface area contributed by atoms with Gasteiger partial charge < -0.3 is 10.2 Å². The van der Waals surface area contributed by atoms with E-state index in [1.807, 2.05) is 0 Å². The normalized spacial score (nSPS) is 19.1. The van der Waals surface area contributed by atoms with Gasteiger partial charge in [0.05, 0.1) is 0 Å². The van der Waals surface area contributed by atoms with Crippen molar-refractivity contribution in [2.24, 2.45) is 5.84 Å². The van der Waals surface area contributed by atoms with Gasteiger partial charge in [-0.25, -0.2) is 10.9 Å². The Morgan fingerprint density at radius 3 is 2.48 bits per heavy atom. The number of nitrogens with one attached hydrogen (secondary N) is 1. The Balaban J connectivity index is 2.25. The summed E-state index contributed by atoms with van der Waals surface area (Å²) in [6, 6.07) is 6.83. The number of hydrazine groups is 1. The Kier molecular flexibility index (Phi) is 4.75. The van der Waals surface area contributed by atoms with Crippen LogP contribution in [0.1, 0.15) is 25.5 Å². The minimum atomic E-state index is -1.02. The van der Waals surface area contributed by atoms with Crippen LogP contribution < -0.4 is 11.2 Å². The number of imide groups is 1. The number of benzene rings is 1. The quantitative estimate of drug-likeness (QED) is 0.436.